The van der Waals surface area contributed by atoms with Crippen LogP contribution in [0.25, 0.3) is 0 Å². The van der Waals surface area contributed by atoms with Crippen LogP contribution in [0.3, 0.4) is 0 Å². The molecule has 2 unspecified atom stereocenters. The Morgan fingerprint density at radius 1 is 0.672 bits per heavy atom. The van der Waals surface area contributed by atoms with E-state index in [1.54, 1.807) is 85.2 Å². The molecule has 6 aromatic rings. The van der Waals surface area contributed by atoms with Gasteiger partial charge in [0.05, 0.1) is 35.7 Å². The van der Waals surface area contributed by atoms with E-state index in [1.807, 2.05) is 12.1 Å². The molecule has 0 spiro atoms. The zero-order valence-electron chi connectivity index (χ0n) is 35.7. The number of aromatic nitrogens is 7. The molecule has 0 aliphatic heterocycles. The van der Waals surface area contributed by atoms with Crippen LogP contribution in [0, 0.1) is 17.7 Å². The highest BCUT2D eigenvalue weighted by atomic mass is 32.1. The van der Waals surface area contributed by atoms with E-state index < -0.39 is 23.8 Å². The van der Waals surface area contributed by atoms with Crippen molar-refractivity contribution in [1.82, 2.24) is 45.1 Å². The quantitative estimate of drug-likeness (QED) is 0.0565. The number of halogens is 1. The number of nitrogens with zero attached hydrogens (tertiary/aromatic N) is 7. The van der Waals surface area contributed by atoms with Crippen LogP contribution in [0.15, 0.2) is 98.2 Å². The summed E-state index contributed by atoms with van der Waals surface area (Å²) in [5.74, 6) is -0.919. The summed E-state index contributed by atoms with van der Waals surface area (Å²) in [7, 11) is 3.55. The number of thiazole rings is 1. The number of nitrogens with one attached hydrogen (secondary N) is 6. The minimum atomic E-state index is -0.706. The van der Waals surface area contributed by atoms with Gasteiger partial charge in [-0.15, -0.1) is 0 Å². The lowest BCUT2D eigenvalue weighted by atomic mass is 9.97. The molecule has 2 fully saturated rings. The molecule has 5 aromatic heterocycles. The number of anilines is 6. The predicted octanol–water partition coefficient (Wildman–Crippen LogP) is 7.35. The Morgan fingerprint density at radius 2 is 1.17 bits per heavy atom. The third kappa shape index (κ3) is 13.0. The Morgan fingerprint density at radius 3 is 1.67 bits per heavy atom. The van der Waals surface area contributed by atoms with Crippen LogP contribution in [-0.2, 0) is 23.7 Å². The SMILES string of the molecule is Cn1cc(NC(=O)C(CC2CCCC2)NC(=O)c2ccc(F)c(Nc3ccncc3)c2)cn1.Cn1cc(NC(=O)C(CC2CCCC2)NC(=O)c2cnc(Nc3ccncc3)s2)cn1. The smallest absolute Gasteiger partial charge is 0.263 e. The number of benzene rings is 1. The van der Waals surface area contributed by atoms with Gasteiger partial charge in [0.1, 0.15) is 22.8 Å². The molecule has 5 heterocycles. The van der Waals surface area contributed by atoms with Crippen molar-refractivity contribution in [2.45, 2.75) is 76.3 Å². The highest BCUT2D eigenvalue weighted by molar-refractivity contribution is 7.17. The summed E-state index contributed by atoms with van der Waals surface area (Å²) in [6, 6.07) is 9.81. The van der Waals surface area contributed by atoms with E-state index in [-0.39, 0.29) is 29.0 Å². The maximum Gasteiger partial charge on any atom is 0.263 e. The monoisotopic (exact) mass is 889 g/mol. The number of amides is 4. The summed E-state index contributed by atoms with van der Waals surface area (Å²) in [5.41, 5.74) is 3.10. The average Bonchev–Trinajstić information content (AvgIpc) is 4.16. The first kappa shape index (κ1) is 45.0. The summed E-state index contributed by atoms with van der Waals surface area (Å²) in [6.07, 6.45) is 24.7. The zero-order chi connectivity index (χ0) is 44.8. The van der Waals surface area contributed by atoms with Crippen LogP contribution in [0.1, 0.15) is 84.2 Å². The second kappa shape index (κ2) is 21.9. The van der Waals surface area contributed by atoms with Gasteiger partial charge in [-0.1, -0.05) is 62.7 Å². The molecule has 17 nitrogen and oxygen atoms in total. The predicted molar refractivity (Wildman–Crippen MR) is 243 cm³/mol. The van der Waals surface area contributed by atoms with Gasteiger partial charge in [0.25, 0.3) is 11.8 Å². The van der Waals surface area contributed by atoms with Crippen LogP contribution in [0.4, 0.5) is 38.0 Å². The number of rotatable bonds is 16. The van der Waals surface area contributed by atoms with Gasteiger partial charge in [-0.3, -0.25) is 38.5 Å². The lowest BCUT2D eigenvalue weighted by Crippen LogP contribution is -2.44. The minimum absolute atomic E-state index is 0.168. The molecule has 1 aromatic carbocycles. The van der Waals surface area contributed by atoms with Crippen molar-refractivity contribution >= 4 is 68.5 Å². The molecule has 2 atom stereocenters. The number of hydrogen-bond donors (Lipinski definition) is 6. The van der Waals surface area contributed by atoms with Gasteiger partial charge >= 0.3 is 0 Å². The fraction of sp³-hybridized carbons (Fsp3) is 0.356. The Bertz CT molecular complexity index is 2480. The second-order valence-electron chi connectivity index (χ2n) is 16.1. The molecule has 2 aliphatic rings. The standard InChI is InChI=1S/C24H27FN6O2.C21H25N7O2S/c1-31-15-19(14-27-31)29-24(33)22(12-16-4-2-3-5-16)30-23(32)17-6-7-20(25)21(13-17)28-18-8-10-26-11-9-18;1-28-13-16(11-24-28)25-19(29)17(10-14-4-2-3-5-14)27-20(30)18-12-23-21(31-18)26-15-6-8-22-9-7-15/h6-11,13-16,22H,2-5,12H2,1H3,(H,26,28)(H,29,33)(H,30,32);6-9,11-14,17H,2-5,10H2,1H3,(H,25,29)(H,27,30)(H,22,23,26). The number of carbonyl (C=O) groups excluding carboxylic acids is 4. The molecule has 2 saturated carbocycles. The van der Waals surface area contributed by atoms with E-state index in [0.717, 1.165) is 44.2 Å². The van der Waals surface area contributed by atoms with Crippen molar-refractivity contribution in [3.8, 4) is 0 Å². The highest BCUT2D eigenvalue weighted by Gasteiger charge is 2.29. The Kier molecular flexibility index (Phi) is 15.4. The van der Waals surface area contributed by atoms with Gasteiger partial charge in [-0.25, -0.2) is 9.37 Å². The fourth-order valence-electron chi connectivity index (χ4n) is 7.87. The normalized spacial score (nSPS) is 14.7. The molecule has 4 amide bonds. The molecule has 8 rings (SSSR count). The molecule has 0 radical (unpaired) electrons. The summed E-state index contributed by atoms with van der Waals surface area (Å²) >= 11 is 1.24. The van der Waals surface area contributed by atoms with Crippen molar-refractivity contribution in [3.63, 3.8) is 0 Å². The first-order valence-corrected chi connectivity index (χ1v) is 22.2. The van der Waals surface area contributed by atoms with E-state index in [9.17, 15) is 23.6 Å². The maximum absolute atomic E-state index is 14.3. The van der Waals surface area contributed by atoms with Gasteiger partial charge in [0.15, 0.2) is 5.13 Å². The Balaban J connectivity index is 0.000000192. The van der Waals surface area contributed by atoms with Crippen LogP contribution in [0.5, 0.6) is 0 Å². The van der Waals surface area contributed by atoms with Crippen molar-refractivity contribution in [2.24, 2.45) is 25.9 Å². The summed E-state index contributed by atoms with van der Waals surface area (Å²) in [5, 5.41) is 26.3. The molecule has 0 saturated heterocycles. The Labute approximate surface area is 374 Å². The largest absolute Gasteiger partial charge is 0.353 e. The second-order valence-corrected chi connectivity index (χ2v) is 17.1. The van der Waals surface area contributed by atoms with E-state index in [1.165, 1.54) is 48.6 Å². The van der Waals surface area contributed by atoms with Crippen molar-refractivity contribution < 1.29 is 23.6 Å². The molecule has 19 heteroatoms. The summed E-state index contributed by atoms with van der Waals surface area (Å²) in [6.45, 7) is 0. The molecular weight excluding hydrogens is 838 g/mol. The van der Waals surface area contributed by atoms with Crippen LogP contribution >= 0.6 is 11.3 Å². The third-order valence-corrected chi connectivity index (χ3v) is 12.0. The van der Waals surface area contributed by atoms with Gasteiger partial charge in [0, 0.05) is 68.2 Å². The third-order valence-electron chi connectivity index (χ3n) is 11.1. The summed E-state index contributed by atoms with van der Waals surface area (Å²) in [4.78, 5) is 64.5. The maximum atomic E-state index is 14.3. The zero-order valence-corrected chi connectivity index (χ0v) is 36.5. The van der Waals surface area contributed by atoms with Crippen LogP contribution in [0.2, 0.25) is 0 Å². The fourth-order valence-corrected chi connectivity index (χ4v) is 8.61. The van der Waals surface area contributed by atoms with Crippen molar-refractivity contribution in [3.05, 3.63) is 114 Å². The lowest BCUT2D eigenvalue weighted by Gasteiger charge is -2.21. The molecular formula is C45H52FN13O4S. The first-order chi connectivity index (χ1) is 31.0. The van der Waals surface area contributed by atoms with Crippen molar-refractivity contribution in [1.29, 1.82) is 0 Å². The average molecular weight is 890 g/mol. The van der Waals surface area contributed by atoms with Gasteiger partial charge < -0.3 is 31.9 Å². The van der Waals surface area contributed by atoms with Gasteiger partial charge in [0.2, 0.25) is 11.8 Å². The summed E-state index contributed by atoms with van der Waals surface area (Å²) < 4.78 is 17.6. The highest BCUT2D eigenvalue weighted by Crippen LogP contribution is 2.31. The first-order valence-electron chi connectivity index (χ1n) is 21.3. The topological polar surface area (TPSA) is 215 Å². The van der Waals surface area contributed by atoms with Gasteiger partial charge in [-0.05, 0) is 67.1 Å². The van der Waals surface area contributed by atoms with E-state index in [4.69, 9.17) is 0 Å². The van der Waals surface area contributed by atoms with Crippen LogP contribution in [-0.4, -0.2) is 70.2 Å². The van der Waals surface area contributed by atoms with E-state index in [2.05, 4.69) is 57.1 Å². The van der Waals surface area contributed by atoms with Gasteiger partial charge in [-0.2, -0.15) is 10.2 Å². The number of carbonyl (C=O) groups is 4. The molecule has 334 valence electrons. The van der Waals surface area contributed by atoms with E-state index in [0.29, 0.717) is 51.7 Å². The molecule has 0 bridgehead atoms. The van der Waals surface area contributed by atoms with E-state index >= 15 is 0 Å². The minimum Gasteiger partial charge on any atom is -0.353 e. The number of pyridine rings is 2. The Hall–Kier alpha value is -7.02. The molecule has 2 aliphatic carbocycles. The molecule has 6 N–H and O–H groups in total. The number of hydrogen-bond acceptors (Lipinski definition) is 12. The lowest BCUT2D eigenvalue weighted by molar-refractivity contribution is -0.119. The van der Waals surface area contributed by atoms with Crippen molar-refractivity contribution in [2.75, 3.05) is 21.3 Å². The number of aryl methyl sites for hydroxylation is 2. The van der Waals surface area contributed by atoms with Crippen LogP contribution < -0.4 is 31.9 Å². The molecule has 64 heavy (non-hydrogen) atoms.